The first-order chi connectivity index (χ1) is 13.1. The highest BCUT2D eigenvalue weighted by atomic mass is 127. The summed E-state index contributed by atoms with van der Waals surface area (Å²) in [6, 6.07) is 8.62. The molecule has 2 aliphatic heterocycles. The maximum absolute atomic E-state index is 11.9. The van der Waals surface area contributed by atoms with E-state index in [-0.39, 0.29) is 41.8 Å². The molecule has 2 aliphatic rings. The quantitative estimate of drug-likeness (QED) is 0.294. The molecule has 2 unspecified atom stereocenters. The second-order valence-electron chi connectivity index (χ2n) is 7.18. The highest BCUT2D eigenvalue weighted by Gasteiger charge is 2.36. The van der Waals surface area contributed by atoms with Gasteiger partial charge in [0.25, 0.3) is 0 Å². The lowest BCUT2D eigenvalue weighted by atomic mass is 9.99. The van der Waals surface area contributed by atoms with E-state index >= 15 is 0 Å². The third-order valence-electron chi connectivity index (χ3n) is 5.39. The number of carbonyl (C=O) groups is 1. The number of methoxy groups -OCH3 is 1. The number of hydrogen-bond acceptors (Lipinski definition) is 5. The Morgan fingerprint density at radius 2 is 1.93 bits per heavy atom. The van der Waals surface area contributed by atoms with Gasteiger partial charge in [0.05, 0.1) is 26.2 Å². The van der Waals surface area contributed by atoms with Gasteiger partial charge in [0.1, 0.15) is 0 Å². The summed E-state index contributed by atoms with van der Waals surface area (Å²) in [5.74, 6) is 0.842. The molecule has 8 heteroatoms. The summed E-state index contributed by atoms with van der Waals surface area (Å²) in [5.41, 5.74) is 2.44. The third-order valence-corrected chi connectivity index (χ3v) is 5.39. The summed E-state index contributed by atoms with van der Waals surface area (Å²) in [4.78, 5) is 20.8. The minimum atomic E-state index is -0.140. The number of hydrogen-bond donors (Lipinski definition) is 1. The van der Waals surface area contributed by atoms with Gasteiger partial charge in [-0.25, -0.2) is 0 Å². The van der Waals surface area contributed by atoms with Gasteiger partial charge in [0.2, 0.25) is 0 Å². The minimum absolute atomic E-state index is 0. The van der Waals surface area contributed by atoms with Crippen molar-refractivity contribution in [3.63, 3.8) is 0 Å². The lowest BCUT2D eigenvalue weighted by Crippen LogP contribution is -2.40. The first-order valence-electron chi connectivity index (χ1n) is 9.57. The fourth-order valence-electron chi connectivity index (χ4n) is 3.76. The predicted octanol–water partition coefficient (Wildman–Crippen LogP) is 1.96. The smallest absolute Gasteiger partial charge is 0.310 e. The number of nitrogens with one attached hydrogen (secondary N) is 1. The van der Waals surface area contributed by atoms with Gasteiger partial charge in [-0.2, -0.15) is 0 Å². The molecule has 2 heterocycles. The molecule has 0 amide bonds. The molecular formula is C20H31IN4O3. The molecule has 3 rings (SSSR count). The molecule has 0 bridgehead atoms. The normalized spacial score (nSPS) is 22.6. The Bertz CT molecular complexity index is 662. The van der Waals surface area contributed by atoms with Gasteiger partial charge in [0, 0.05) is 45.5 Å². The number of anilines is 1. The Morgan fingerprint density at radius 3 is 2.54 bits per heavy atom. The van der Waals surface area contributed by atoms with Crippen LogP contribution in [-0.2, 0) is 20.8 Å². The Morgan fingerprint density at radius 1 is 1.25 bits per heavy atom. The van der Waals surface area contributed by atoms with Crippen LogP contribution in [0.15, 0.2) is 29.3 Å². The van der Waals surface area contributed by atoms with E-state index in [1.54, 1.807) is 7.05 Å². The Labute approximate surface area is 184 Å². The molecular weight excluding hydrogens is 471 g/mol. The lowest BCUT2D eigenvalue weighted by Gasteiger charge is -2.29. The summed E-state index contributed by atoms with van der Waals surface area (Å²) in [7, 11) is 3.23. The number of nitrogens with zero attached hydrogens (tertiary/aromatic N) is 3. The molecule has 0 saturated carbocycles. The van der Waals surface area contributed by atoms with Gasteiger partial charge in [-0.05, 0) is 23.6 Å². The summed E-state index contributed by atoms with van der Waals surface area (Å²) >= 11 is 0. The van der Waals surface area contributed by atoms with Crippen LogP contribution in [0.1, 0.15) is 12.5 Å². The van der Waals surface area contributed by atoms with Crippen molar-refractivity contribution in [1.29, 1.82) is 0 Å². The van der Waals surface area contributed by atoms with Crippen molar-refractivity contribution < 1.29 is 14.3 Å². The number of aliphatic imine (C=N–C) groups is 1. The molecule has 156 valence electrons. The van der Waals surface area contributed by atoms with E-state index < -0.39 is 0 Å². The number of rotatable bonds is 4. The number of likely N-dealkylation sites (tertiary alicyclic amines) is 1. The highest BCUT2D eigenvalue weighted by Crippen LogP contribution is 2.24. The van der Waals surface area contributed by atoms with E-state index in [9.17, 15) is 4.79 Å². The van der Waals surface area contributed by atoms with Crippen LogP contribution in [0, 0.1) is 11.8 Å². The van der Waals surface area contributed by atoms with Gasteiger partial charge < -0.3 is 24.6 Å². The van der Waals surface area contributed by atoms with Crippen molar-refractivity contribution in [2.24, 2.45) is 16.8 Å². The van der Waals surface area contributed by atoms with Gasteiger partial charge in [0.15, 0.2) is 5.96 Å². The number of ether oxygens (including phenoxy) is 2. The second-order valence-corrected chi connectivity index (χ2v) is 7.18. The standard InChI is InChI=1S/C20H30N4O3.HI/c1-15-13-24(14-18(15)19(25)26-3)20(21-2)22-12-16-4-6-17(7-5-16)23-8-10-27-11-9-23;/h4-7,15,18H,8-14H2,1-3H3,(H,21,22);1H. The topological polar surface area (TPSA) is 66.4 Å². The van der Waals surface area contributed by atoms with Crippen LogP contribution in [0.25, 0.3) is 0 Å². The van der Waals surface area contributed by atoms with E-state index in [0.29, 0.717) is 13.1 Å². The van der Waals surface area contributed by atoms with E-state index in [1.807, 2.05) is 0 Å². The van der Waals surface area contributed by atoms with Gasteiger partial charge >= 0.3 is 5.97 Å². The zero-order valence-electron chi connectivity index (χ0n) is 16.9. The Kier molecular flexibility index (Phi) is 8.81. The number of halogens is 1. The molecule has 0 aromatic heterocycles. The second kappa shape index (κ2) is 10.8. The van der Waals surface area contributed by atoms with Crippen LogP contribution in [-0.4, -0.2) is 70.4 Å². The van der Waals surface area contributed by atoms with E-state index in [4.69, 9.17) is 9.47 Å². The molecule has 2 fully saturated rings. The first-order valence-corrected chi connectivity index (χ1v) is 9.57. The highest BCUT2D eigenvalue weighted by molar-refractivity contribution is 14.0. The molecule has 0 spiro atoms. The number of esters is 1. The van der Waals surface area contributed by atoms with E-state index in [1.165, 1.54) is 18.4 Å². The van der Waals surface area contributed by atoms with Crippen LogP contribution in [0.3, 0.4) is 0 Å². The summed E-state index contributed by atoms with van der Waals surface area (Å²) in [6.45, 7) is 7.69. The van der Waals surface area contributed by atoms with Crippen molar-refractivity contribution in [2.75, 3.05) is 58.5 Å². The molecule has 2 saturated heterocycles. The maximum atomic E-state index is 11.9. The van der Waals surface area contributed by atoms with E-state index in [0.717, 1.165) is 38.8 Å². The fourth-order valence-corrected chi connectivity index (χ4v) is 3.76. The lowest BCUT2D eigenvalue weighted by molar-refractivity contribution is -0.145. The van der Waals surface area contributed by atoms with Gasteiger partial charge in [-0.3, -0.25) is 9.79 Å². The molecule has 28 heavy (non-hydrogen) atoms. The largest absolute Gasteiger partial charge is 0.469 e. The summed E-state index contributed by atoms with van der Waals surface area (Å²) in [6.07, 6.45) is 0. The number of guanidine groups is 1. The average molecular weight is 502 g/mol. The Balaban J connectivity index is 0.00000280. The van der Waals surface area contributed by atoms with Crippen molar-refractivity contribution in [1.82, 2.24) is 10.2 Å². The monoisotopic (exact) mass is 502 g/mol. The summed E-state index contributed by atoms with van der Waals surface area (Å²) < 4.78 is 10.3. The fraction of sp³-hybridized carbons (Fsp3) is 0.600. The van der Waals surface area contributed by atoms with Crippen molar-refractivity contribution in [3.05, 3.63) is 29.8 Å². The van der Waals surface area contributed by atoms with Gasteiger partial charge in [-0.15, -0.1) is 24.0 Å². The molecule has 1 aromatic carbocycles. The maximum Gasteiger partial charge on any atom is 0.310 e. The minimum Gasteiger partial charge on any atom is -0.469 e. The van der Waals surface area contributed by atoms with Gasteiger partial charge in [-0.1, -0.05) is 19.1 Å². The van der Waals surface area contributed by atoms with Crippen molar-refractivity contribution in [2.45, 2.75) is 13.5 Å². The zero-order chi connectivity index (χ0) is 19.2. The molecule has 1 aromatic rings. The van der Waals surface area contributed by atoms with Crippen LogP contribution in [0.5, 0.6) is 0 Å². The van der Waals surface area contributed by atoms with Crippen LogP contribution in [0.4, 0.5) is 5.69 Å². The molecule has 2 atom stereocenters. The average Bonchev–Trinajstić information content (AvgIpc) is 3.10. The number of morpholine rings is 1. The van der Waals surface area contributed by atoms with Crippen LogP contribution >= 0.6 is 24.0 Å². The molecule has 1 N–H and O–H groups in total. The first kappa shape index (κ1) is 22.7. The van der Waals surface area contributed by atoms with Crippen molar-refractivity contribution >= 4 is 41.6 Å². The van der Waals surface area contributed by atoms with Crippen LogP contribution in [0.2, 0.25) is 0 Å². The van der Waals surface area contributed by atoms with Crippen LogP contribution < -0.4 is 10.2 Å². The molecule has 0 aliphatic carbocycles. The molecule has 7 nitrogen and oxygen atoms in total. The third kappa shape index (κ3) is 5.50. The van der Waals surface area contributed by atoms with Crippen molar-refractivity contribution in [3.8, 4) is 0 Å². The zero-order valence-corrected chi connectivity index (χ0v) is 19.2. The SMILES string of the molecule is CN=C(NCc1ccc(N2CCOCC2)cc1)N1CC(C)C(C(=O)OC)C1.I. The van der Waals surface area contributed by atoms with E-state index in [2.05, 4.69) is 51.3 Å². The predicted molar refractivity (Wildman–Crippen MR) is 121 cm³/mol. The summed E-state index contributed by atoms with van der Waals surface area (Å²) in [5, 5.41) is 3.41. The number of carbonyl (C=O) groups excluding carboxylic acids is 1. The Hall–Kier alpha value is -1.55. The molecule has 0 radical (unpaired) electrons. The number of benzene rings is 1.